The van der Waals surface area contributed by atoms with Gasteiger partial charge in [0.25, 0.3) is 0 Å². The summed E-state index contributed by atoms with van der Waals surface area (Å²) in [4.78, 5) is 0. The van der Waals surface area contributed by atoms with Crippen LogP contribution >= 0.6 is 15.9 Å². The van der Waals surface area contributed by atoms with Gasteiger partial charge in [0.2, 0.25) is 0 Å². The number of aliphatic hydroxyl groups is 1. The smallest absolute Gasteiger partial charge is 0.140 e. The standard InChI is InChI=1S/C12H9BrF2O2/c1-6-2-3-17-12(6)11(16)7-4-10(15)8(13)5-9(7)14/h2-5,11,16H,1H3. The molecule has 0 saturated heterocycles. The van der Waals surface area contributed by atoms with E-state index in [2.05, 4.69) is 15.9 Å². The van der Waals surface area contributed by atoms with Crippen molar-refractivity contribution in [2.75, 3.05) is 0 Å². The minimum Gasteiger partial charge on any atom is -0.466 e. The number of furan rings is 1. The van der Waals surface area contributed by atoms with Crippen LogP contribution in [-0.4, -0.2) is 5.11 Å². The van der Waals surface area contributed by atoms with Crippen molar-refractivity contribution in [3.8, 4) is 0 Å². The molecule has 0 amide bonds. The third kappa shape index (κ3) is 2.25. The van der Waals surface area contributed by atoms with Gasteiger partial charge in [-0.25, -0.2) is 8.78 Å². The molecular weight excluding hydrogens is 294 g/mol. The molecule has 0 fully saturated rings. The van der Waals surface area contributed by atoms with Gasteiger partial charge in [0.1, 0.15) is 23.5 Å². The molecular formula is C12H9BrF2O2. The summed E-state index contributed by atoms with van der Waals surface area (Å²) < 4.78 is 32.0. The molecule has 0 aliphatic heterocycles. The molecule has 2 aromatic rings. The van der Waals surface area contributed by atoms with Crippen molar-refractivity contribution in [2.24, 2.45) is 0 Å². The monoisotopic (exact) mass is 302 g/mol. The maximum absolute atomic E-state index is 13.6. The van der Waals surface area contributed by atoms with E-state index in [1.165, 1.54) is 6.26 Å². The molecule has 0 bridgehead atoms. The second kappa shape index (κ2) is 4.58. The molecule has 1 heterocycles. The Balaban J connectivity index is 2.48. The van der Waals surface area contributed by atoms with Crippen LogP contribution in [0.5, 0.6) is 0 Å². The normalized spacial score (nSPS) is 12.8. The van der Waals surface area contributed by atoms with Gasteiger partial charge in [-0.3, -0.25) is 0 Å². The maximum Gasteiger partial charge on any atom is 0.140 e. The molecule has 0 aliphatic carbocycles. The lowest BCUT2D eigenvalue weighted by atomic mass is 10.0. The van der Waals surface area contributed by atoms with E-state index in [-0.39, 0.29) is 15.8 Å². The number of hydrogen-bond donors (Lipinski definition) is 1. The number of rotatable bonds is 2. The van der Waals surface area contributed by atoms with Crippen molar-refractivity contribution < 1.29 is 18.3 Å². The van der Waals surface area contributed by atoms with Gasteiger partial charge in [-0.15, -0.1) is 0 Å². The predicted octanol–water partition coefficient (Wildman–Crippen LogP) is 3.71. The van der Waals surface area contributed by atoms with Crippen LogP contribution in [0.1, 0.15) is 23.0 Å². The Morgan fingerprint density at radius 3 is 2.59 bits per heavy atom. The van der Waals surface area contributed by atoms with E-state index in [4.69, 9.17) is 4.42 Å². The lowest BCUT2D eigenvalue weighted by Crippen LogP contribution is -2.04. The van der Waals surface area contributed by atoms with Gasteiger partial charge >= 0.3 is 0 Å². The minimum absolute atomic E-state index is 0.0158. The SMILES string of the molecule is Cc1ccoc1C(O)c1cc(F)c(Br)cc1F. The van der Waals surface area contributed by atoms with Crippen LogP contribution in [-0.2, 0) is 0 Å². The first kappa shape index (κ1) is 12.3. The summed E-state index contributed by atoms with van der Waals surface area (Å²) in [5, 5.41) is 9.94. The largest absolute Gasteiger partial charge is 0.466 e. The highest BCUT2D eigenvalue weighted by atomic mass is 79.9. The Morgan fingerprint density at radius 2 is 2.00 bits per heavy atom. The van der Waals surface area contributed by atoms with Crippen LogP contribution < -0.4 is 0 Å². The molecule has 2 nitrogen and oxygen atoms in total. The molecule has 0 radical (unpaired) electrons. The zero-order valence-corrected chi connectivity index (χ0v) is 10.5. The second-order valence-corrected chi connectivity index (χ2v) is 4.51. The fraction of sp³-hybridized carbons (Fsp3) is 0.167. The summed E-state index contributed by atoms with van der Waals surface area (Å²) in [6.07, 6.45) is 0.0775. The highest BCUT2D eigenvalue weighted by Crippen LogP contribution is 2.30. The first-order chi connectivity index (χ1) is 8.00. The Hall–Kier alpha value is -1.20. The number of benzene rings is 1. The lowest BCUT2D eigenvalue weighted by Gasteiger charge is -2.11. The molecule has 0 spiro atoms. The van der Waals surface area contributed by atoms with E-state index in [0.717, 1.165) is 12.1 Å². The number of aliphatic hydroxyl groups excluding tert-OH is 1. The van der Waals surface area contributed by atoms with Crippen LogP contribution in [0.15, 0.2) is 33.4 Å². The van der Waals surface area contributed by atoms with Crippen molar-refractivity contribution in [3.63, 3.8) is 0 Å². The lowest BCUT2D eigenvalue weighted by molar-refractivity contribution is 0.183. The highest BCUT2D eigenvalue weighted by molar-refractivity contribution is 9.10. The Morgan fingerprint density at radius 1 is 1.29 bits per heavy atom. The summed E-state index contributed by atoms with van der Waals surface area (Å²) in [6, 6.07) is 3.57. The average molecular weight is 303 g/mol. The maximum atomic E-state index is 13.6. The summed E-state index contributed by atoms with van der Waals surface area (Å²) in [6.45, 7) is 1.72. The average Bonchev–Trinajstić information content (AvgIpc) is 2.69. The Labute approximate surface area is 105 Å². The fourth-order valence-electron chi connectivity index (χ4n) is 1.55. The van der Waals surface area contributed by atoms with Crippen molar-refractivity contribution in [3.05, 3.63) is 57.5 Å². The molecule has 5 heteroatoms. The van der Waals surface area contributed by atoms with Crippen LogP contribution in [0.2, 0.25) is 0 Å². The number of halogens is 3. The summed E-state index contributed by atoms with van der Waals surface area (Å²) in [5.41, 5.74) is 0.531. The zero-order valence-electron chi connectivity index (χ0n) is 8.88. The Kier molecular flexibility index (Phi) is 3.31. The topological polar surface area (TPSA) is 33.4 Å². The quantitative estimate of drug-likeness (QED) is 0.858. The zero-order chi connectivity index (χ0) is 12.6. The molecule has 0 saturated carbocycles. The molecule has 1 aromatic carbocycles. The fourth-order valence-corrected chi connectivity index (χ4v) is 1.87. The van der Waals surface area contributed by atoms with Crippen molar-refractivity contribution in [2.45, 2.75) is 13.0 Å². The summed E-state index contributed by atoms with van der Waals surface area (Å²) >= 11 is 2.87. The minimum atomic E-state index is -1.31. The summed E-state index contributed by atoms with van der Waals surface area (Å²) in [5.74, 6) is -1.11. The molecule has 2 rings (SSSR count). The van der Waals surface area contributed by atoms with Crippen LogP contribution in [0, 0.1) is 18.6 Å². The summed E-state index contributed by atoms with van der Waals surface area (Å²) in [7, 11) is 0. The van der Waals surface area contributed by atoms with Gasteiger partial charge in [-0.05, 0) is 46.6 Å². The van der Waals surface area contributed by atoms with E-state index >= 15 is 0 Å². The van der Waals surface area contributed by atoms with E-state index in [0.29, 0.717) is 5.56 Å². The molecule has 90 valence electrons. The molecule has 0 aliphatic rings. The molecule has 1 unspecified atom stereocenters. The van der Waals surface area contributed by atoms with Crippen molar-refractivity contribution >= 4 is 15.9 Å². The van der Waals surface area contributed by atoms with Gasteiger partial charge < -0.3 is 9.52 Å². The van der Waals surface area contributed by atoms with E-state index < -0.39 is 17.7 Å². The molecule has 1 N–H and O–H groups in total. The van der Waals surface area contributed by atoms with Crippen molar-refractivity contribution in [1.82, 2.24) is 0 Å². The van der Waals surface area contributed by atoms with Gasteiger partial charge in [0.15, 0.2) is 0 Å². The van der Waals surface area contributed by atoms with Gasteiger partial charge in [0.05, 0.1) is 10.7 Å². The molecule has 1 aromatic heterocycles. The first-order valence-electron chi connectivity index (χ1n) is 4.87. The predicted molar refractivity (Wildman–Crippen MR) is 61.6 cm³/mol. The van der Waals surface area contributed by atoms with Gasteiger partial charge in [-0.2, -0.15) is 0 Å². The third-order valence-electron chi connectivity index (χ3n) is 2.48. The second-order valence-electron chi connectivity index (χ2n) is 3.66. The van der Waals surface area contributed by atoms with E-state index in [9.17, 15) is 13.9 Å². The molecule has 1 atom stereocenters. The van der Waals surface area contributed by atoms with E-state index in [1.54, 1.807) is 13.0 Å². The van der Waals surface area contributed by atoms with Crippen LogP contribution in [0.3, 0.4) is 0 Å². The molecule has 17 heavy (non-hydrogen) atoms. The van der Waals surface area contributed by atoms with Gasteiger partial charge in [0, 0.05) is 5.56 Å². The first-order valence-corrected chi connectivity index (χ1v) is 5.66. The number of aryl methyl sites for hydroxylation is 1. The van der Waals surface area contributed by atoms with Crippen molar-refractivity contribution in [1.29, 1.82) is 0 Å². The Bertz CT molecular complexity index is 551. The highest BCUT2D eigenvalue weighted by Gasteiger charge is 2.21. The van der Waals surface area contributed by atoms with Crippen LogP contribution in [0.25, 0.3) is 0 Å². The third-order valence-corrected chi connectivity index (χ3v) is 3.09. The number of hydrogen-bond acceptors (Lipinski definition) is 2. The van der Waals surface area contributed by atoms with Crippen LogP contribution in [0.4, 0.5) is 8.78 Å². The van der Waals surface area contributed by atoms with Gasteiger partial charge in [-0.1, -0.05) is 0 Å². The van der Waals surface area contributed by atoms with E-state index in [1.807, 2.05) is 0 Å².